The summed E-state index contributed by atoms with van der Waals surface area (Å²) >= 11 is 7.62. The number of halogens is 1. The van der Waals surface area contributed by atoms with Gasteiger partial charge in [0, 0.05) is 40.4 Å². The summed E-state index contributed by atoms with van der Waals surface area (Å²) in [6, 6.07) is 18.7. The molecule has 1 amide bonds. The molecule has 0 aromatic heterocycles. The van der Waals surface area contributed by atoms with Gasteiger partial charge < -0.3 is 14.7 Å². The van der Waals surface area contributed by atoms with Gasteiger partial charge in [0.15, 0.2) is 11.4 Å². The molecule has 2 atom stereocenters. The number of likely N-dealkylation sites (tertiary alicyclic amines) is 1. The number of nitrogens with zero attached hydrogens (tertiary/aromatic N) is 1. The van der Waals surface area contributed by atoms with E-state index in [1.807, 2.05) is 68.6 Å². The zero-order chi connectivity index (χ0) is 29.2. The third kappa shape index (κ3) is 6.53. The number of rotatable bonds is 9. The van der Waals surface area contributed by atoms with Gasteiger partial charge in [-0.1, -0.05) is 48.0 Å². The van der Waals surface area contributed by atoms with Crippen LogP contribution in [0.5, 0.6) is 5.75 Å². The van der Waals surface area contributed by atoms with Gasteiger partial charge in [-0.2, -0.15) is 0 Å². The summed E-state index contributed by atoms with van der Waals surface area (Å²) in [6.07, 6.45) is 2.21. The van der Waals surface area contributed by atoms with Crippen LogP contribution in [-0.2, 0) is 16.0 Å². The van der Waals surface area contributed by atoms with Crippen molar-refractivity contribution in [3.63, 3.8) is 0 Å². The topological polar surface area (TPSA) is 83.9 Å². The molecule has 1 aliphatic rings. The lowest BCUT2D eigenvalue weighted by atomic mass is 9.82. The number of Topliss-reactive ketones (excluding diaryl/α,β-unsaturated/α-hetero) is 1. The van der Waals surface area contributed by atoms with E-state index in [2.05, 4.69) is 0 Å². The van der Waals surface area contributed by atoms with Gasteiger partial charge >= 0.3 is 5.97 Å². The summed E-state index contributed by atoms with van der Waals surface area (Å²) < 4.78 is 5.90. The van der Waals surface area contributed by atoms with Crippen molar-refractivity contribution in [2.45, 2.75) is 50.5 Å². The normalized spacial score (nSPS) is 17.1. The predicted octanol–water partition coefficient (Wildman–Crippen LogP) is 6.59. The molecule has 4 rings (SSSR count). The number of carbonyl (C=O) groups is 3. The van der Waals surface area contributed by atoms with E-state index in [1.54, 1.807) is 28.8 Å². The van der Waals surface area contributed by atoms with Crippen molar-refractivity contribution in [2.75, 3.05) is 19.3 Å². The molecule has 1 unspecified atom stereocenters. The third-order valence-corrected chi connectivity index (χ3v) is 8.43. The molecular weight excluding hydrogens is 546 g/mol. The van der Waals surface area contributed by atoms with Crippen molar-refractivity contribution in [1.82, 2.24) is 4.90 Å². The fraction of sp³-hybridized carbons (Fsp3) is 0.344. The van der Waals surface area contributed by atoms with Crippen LogP contribution in [0.15, 0.2) is 65.6 Å². The molecule has 3 aromatic rings. The monoisotopic (exact) mass is 579 g/mol. The number of hydrogen-bond acceptors (Lipinski definition) is 5. The highest BCUT2D eigenvalue weighted by molar-refractivity contribution is 7.98. The van der Waals surface area contributed by atoms with Crippen LogP contribution in [0.2, 0.25) is 5.02 Å². The first-order chi connectivity index (χ1) is 18.9. The number of amides is 1. The molecule has 8 heteroatoms. The number of hydrogen-bond donors (Lipinski definition) is 1. The zero-order valence-corrected chi connectivity index (χ0v) is 24.9. The maximum Gasteiger partial charge on any atom is 0.347 e. The fourth-order valence-corrected chi connectivity index (χ4v) is 5.66. The van der Waals surface area contributed by atoms with Crippen LogP contribution in [-0.4, -0.2) is 52.6 Å². The minimum Gasteiger partial charge on any atom is -0.478 e. The van der Waals surface area contributed by atoms with E-state index >= 15 is 0 Å². The van der Waals surface area contributed by atoms with Crippen LogP contribution >= 0.6 is 23.4 Å². The molecule has 1 aliphatic heterocycles. The van der Waals surface area contributed by atoms with Crippen molar-refractivity contribution in [1.29, 1.82) is 0 Å². The summed E-state index contributed by atoms with van der Waals surface area (Å²) in [4.78, 5) is 41.7. The standard InChI is InChI=1S/C32H34ClNO5S/c1-19-14-23(15-20(2)30(19)39-32(3,4)31(37)38)26-17-34(28(35)16-21-6-10-24(33)11-7-21)18-27(26)29(36)22-8-12-25(40-5)13-9-22/h6-15,26-27H,16-18H2,1-5H3,(H,37,38)/t26-,27?/m1/s1. The Bertz CT molecular complexity index is 1400. The molecule has 1 heterocycles. The van der Waals surface area contributed by atoms with Gasteiger partial charge in [-0.25, -0.2) is 4.79 Å². The van der Waals surface area contributed by atoms with E-state index in [9.17, 15) is 19.5 Å². The first kappa shape index (κ1) is 29.7. The largest absolute Gasteiger partial charge is 0.478 e. The van der Waals surface area contributed by atoms with Crippen molar-refractivity contribution in [3.8, 4) is 5.75 Å². The predicted molar refractivity (Wildman–Crippen MR) is 159 cm³/mol. The second-order valence-electron chi connectivity index (χ2n) is 10.8. The average Bonchev–Trinajstić information content (AvgIpc) is 3.37. The molecule has 1 N–H and O–H groups in total. The Morgan fingerprint density at radius 3 is 2.15 bits per heavy atom. The van der Waals surface area contributed by atoms with Gasteiger partial charge in [0.2, 0.25) is 5.91 Å². The number of ketones is 1. The number of aryl methyl sites for hydroxylation is 2. The lowest BCUT2D eigenvalue weighted by Gasteiger charge is -2.26. The van der Waals surface area contributed by atoms with E-state index < -0.39 is 17.5 Å². The Balaban J connectivity index is 1.66. The molecule has 210 valence electrons. The van der Waals surface area contributed by atoms with Gasteiger partial charge in [0.25, 0.3) is 0 Å². The van der Waals surface area contributed by atoms with E-state index in [0.29, 0.717) is 29.4 Å². The van der Waals surface area contributed by atoms with Gasteiger partial charge in [-0.05, 0) is 80.5 Å². The molecular formula is C32H34ClNO5S. The Hall–Kier alpha value is -3.29. The van der Waals surface area contributed by atoms with Gasteiger partial charge in [-0.15, -0.1) is 11.8 Å². The van der Waals surface area contributed by atoms with Crippen molar-refractivity contribution in [3.05, 3.63) is 93.5 Å². The number of benzene rings is 3. The highest BCUT2D eigenvalue weighted by atomic mass is 35.5. The highest BCUT2D eigenvalue weighted by Gasteiger charge is 2.41. The Kier molecular flexibility index (Phi) is 8.96. The second kappa shape index (κ2) is 12.1. The third-order valence-electron chi connectivity index (χ3n) is 7.44. The van der Waals surface area contributed by atoms with E-state index in [4.69, 9.17) is 16.3 Å². The molecule has 0 bridgehead atoms. The molecule has 3 aromatic carbocycles. The van der Waals surface area contributed by atoms with Crippen LogP contribution in [0.4, 0.5) is 0 Å². The van der Waals surface area contributed by atoms with Crippen LogP contribution < -0.4 is 4.74 Å². The summed E-state index contributed by atoms with van der Waals surface area (Å²) in [7, 11) is 0. The fourth-order valence-electron chi connectivity index (χ4n) is 5.13. The van der Waals surface area contributed by atoms with Crippen LogP contribution in [0.25, 0.3) is 0 Å². The maximum absolute atomic E-state index is 13.8. The minimum atomic E-state index is -1.39. The Morgan fingerprint density at radius 1 is 1.00 bits per heavy atom. The van der Waals surface area contributed by atoms with Gasteiger partial charge in [0.1, 0.15) is 5.75 Å². The van der Waals surface area contributed by atoms with E-state index in [1.165, 1.54) is 13.8 Å². The van der Waals surface area contributed by atoms with Crippen molar-refractivity contribution in [2.24, 2.45) is 5.92 Å². The first-order valence-electron chi connectivity index (χ1n) is 13.1. The number of carboxylic acid groups (broad SMARTS) is 1. The number of carbonyl (C=O) groups excluding carboxylic acids is 2. The van der Waals surface area contributed by atoms with Crippen molar-refractivity contribution < 1.29 is 24.2 Å². The molecule has 1 saturated heterocycles. The number of carboxylic acids is 1. The lowest BCUT2D eigenvalue weighted by molar-refractivity contribution is -0.152. The Morgan fingerprint density at radius 2 is 1.60 bits per heavy atom. The smallest absolute Gasteiger partial charge is 0.347 e. The molecule has 0 spiro atoms. The average molecular weight is 580 g/mol. The molecule has 40 heavy (non-hydrogen) atoms. The summed E-state index contributed by atoms with van der Waals surface area (Å²) in [5, 5.41) is 10.2. The van der Waals surface area contributed by atoms with E-state index in [0.717, 1.165) is 27.1 Å². The van der Waals surface area contributed by atoms with Crippen LogP contribution in [0.1, 0.15) is 52.4 Å². The first-order valence-corrected chi connectivity index (χ1v) is 14.7. The SMILES string of the molecule is CSc1ccc(C(=O)C2CN(C(=O)Cc3ccc(Cl)cc3)C[C@@H]2c2cc(C)c(OC(C)(C)C(=O)O)c(C)c2)cc1. The van der Waals surface area contributed by atoms with Crippen molar-refractivity contribution >= 4 is 41.0 Å². The summed E-state index contributed by atoms with van der Waals surface area (Å²) in [5.41, 5.74) is 2.59. The quantitative estimate of drug-likeness (QED) is 0.227. The van der Waals surface area contributed by atoms with E-state index in [-0.39, 0.29) is 24.0 Å². The lowest BCUT2D eigenvalue weighted by Crippen LogP contribution is -2.38. The number of thioether (sulfide) groups is 1. The second-order valence-corrected chi connectivity index (χ2v) is 12.1. The molecule has 1 fully saturated rings. The van der Waals surface area contributed by atoms with Gasteiger partial charge in [0.05, 0.1) is 6.42 Å². The number of aliphatic carboxylic acids is 1. The summed E-state index contributed by atoms with van der Waals surface area (Å²) in [5.74, 6) is -1.23. The molecule has 0 aliphatic carbocycles. The highest BCUT2D eigenvalue weighted by Crippen LogP contribution is 2.39. The zero-order valence-electron chi connectivity index (χ0n) is 23.4. The summed E-state index contributed by atoms with van der Waals surface area (Å²) in [6.45, 7) is 7.51. The maximum atomic E-state index is 13.8. The minimum absolute atomic E-state index is 0.00193. The molecule has 0 radical (unpaired) electrons. The molecule has 0 saturated carbocycles. The molecule has 6 nitrogen and oxygen atoms in total. The van der Waals surface area contributed by atoms with Crippen LogP contribution in [0, 0.1) is 19.8 Å². The van der Waals surface area contributed by atoms with Gasteiger partial charge in [-0.3, -0.25) is 9.59 Å². The number of ether oxygens (including phenoxy) is 1. The van der Waals surface area contributed by atoms with Crippen LogP contribution in [0.3, 0.4) is 0 Å². The Labute approximate surface area is 244 Å².